The van der Waals surface area contributed by atoms with Crippen LogP contribution in [0.15, 0.2) is 28.7 Å². The lowest BCUT2D eigenvalue weighted by atomic mass is 9.89. The number of primary amides is 1. The summed E-state index contributed by atoms with van der Waals surface area (Å²) in [5.41, 5.74) is 4.21. The Morgan fingerprint density at radius 2 is 2.24 bits per heavy atom. The van der Waals surface area contributed by atoms with Crippen molar-refractivity contribution in [2.45, 2.75) is 24.9 Å². The van der Waals surface area contributed by atoms with Gasteiger partial charge in [-0.25, -0.2) is 0 Å². The van der Waals surface area contributed by atoms with Crippen LogP contribution in [0.25, 0.3) is 0 Å². The van der Waals surface area contributed by atoms with E-state index < -0.39 is 11.5 Å². The van der Waals surface area contributed by atoms with E-state index in [4.69, 9.17) is 10.5 Å². The van der Waals surface area contributed by atoms with E-state index in [0.29, 0.717) is 26.1 Å². The third-order valence-corrected chi connectivity index (χ3v) is 4.29. The highest BCUT2D eigenvalue weighted by Gasteiger charge is 2.34. The van der Waals surface area contributed by atoms with E-state index in [0.717, 1.165) is 23.2 Å². The zero-order valence-corrected chi connectivity index (χ0v) is 13.5. The molecule has 6 heteroatoms. The van der Waals surface area contributed by atoms with Gasteiger partial charge < -0.3 is 15.6 Å². The van der Waals surface area contributed by atoms with Gasteiger partial charge in [-0.2, -0.15) is 0 Å². The third-order valence-electron chi connectivity index (χ3n) is 3.64. The number of hydrogen-bond donors (Lipinski definition) is 2. The highest BCUT2D eigenvalue weighted by Crippen LogP contribution is 2.25. The summed E-state index contributed by atoms with van der Waals surface area (Å²) in [6, 6.07) is 7.70. The number of likely N-dealkylation sites (tertiary alicyclic amines) is 1. The Hall–Kier alpha value is -1.11. The minimum absolute atomic E-state index is 0.0224. The summed E-state index contributed by atoms with van der Waals surface area (Å²) < 4.78 is 6.65. The number of ether oxygens (including phenoxy) is 1. The van der Waals surface area contributed by atoms with Crippen LogP contribution in [0.5, 0.6) is 5.75 Å². The Labute approximate surface area is 133 Å². The lowest BCUT2D eigenvalue weighted by Crippen LogP contribution is -2.50. The van der Waals surface area contributed by atoms with Crippen molar-refractivity contribution < 1.29 is 14.6 Å². The number of carbonyl (C=O) groups is 1. The van der Waals surface area contributed by atoms with Gasteiger partial charge in [-0.3, -0.25) is 9.69 Å². The summed E-state index contributed by atoms with van der Waals surface area (Å²) in [7, 11) is 0. The van der Waals surface area contributed by atoms with Crippen LogP contribution in [0.3, 0.4) is 0 Å². The van der Waals surface area contributed by atoms with Gasteiger partial charge in [-0.15, -0.1) is 0 Å². The normalized spacial score (nSPS) is 23.0. The average Bonchev–Trinajstić information content (AvgIpc) is 2.39. The van der Waals surface area contributed by atoms with Crippen molar-refractivity contribution in [3.63, 3.8) is 0 Å². The first-order valence-corrected chi connectivity index (χ1v) is 7.88. The maximum Gasteiger partial charge on any atom is 0.220 e. The van der Waals surface area contributed by atoms with E-state index in [1.54, 1.807) is 0 Å². The van der Waals surface area contributed by atoms with E-state index in [-0.39, 0.29) is 6.42 Å². The molecule has 1 unspecified atom stereocenters. The molecule has 116 valence electrons. The van der Waals surface area contributed by atoms with Gasteiger partial charge in [-0.1, -0.05) is 12.1 Å². The third kappa shape index (κ3) is 4.98. The number of benzene rings is 1. The molecule has 1 aliphatic heterocycles. The molecule has 0 aliphatic carbocycles. The van der Waals surface area contributed by atoms with Crippen LogP contribution in [0.1, 0.15) is 19.3 Å². The number of rotatable bonds is 6. The maximum atomic E-state index is 11.0. The number of halogens is 1. The molecular weight excluding hydrogens is 336 g/mol. The Kier molecular flexibility index (Phi) is 5.61. The molecule has 1 saturated heterocycles. The van der Waals surface area contributed by atoms with Gasteiger partial charge in [0.25, 0.3) is 0 Å². The van der Waals surface area contributed by atoms with Crippen LogP contribution in [-0.2, 0) is 4.79 Å². The smallest absolute Gasteiger partial charge is 0.220 e. The molecule has 2 rings (SSSR count). The highest BCUT2D eigenvalue weighted by molar-refractivity contribution is 9.10. The predicted molar refractivity (Wildman–Crippen MR) is 84.1 cm³/mol. The van der Waals surface area contributed by atoms with E-state index in [1.807, 2.05) is 24.3 Å². The Morgan fingerprint density at radius 1 is 1.48 bits per heavy atom. The Morgan fingerprint density at radius 3 is 2.95 bits per heavy atom. The van der Waals surface area contributed by atoms with Gasteiger partial charge in [0.1, 0.15) is 12.4 Å². The first kappa shape index (κ1) is 16.3. The average molecular weight is 357 g/mol. The minimum atomic E-state index is -0.989. The molecule has 21 heavy (non-hydrogen) atoms. The fourth-order valence-corrected chi connectivity index (χ4v) is 3.11. The molecule has 3 N–H and O–H groups in total. The van der Waals surface area contributed by atoms with Crippen molar-refractivity contribution in [2.24, 2.45) is 5.73 Å². The van der Waals surface area contributed by atoms with Gasteiger partial charge in [0.05, 0.1) is 16.5 Å². The molecule has 0 spiro atoms. The number of para-hydroxylation sites is 1. The lowest BCUT2D eigenvalue weighted by Gasteiger charge is -2.38. The van der Waals surface area contributed by atoms with E-state index in [2.05, 4.69) is 20.8 Å². The number of carbonyl (C=O) groups excluding carboxylic acids is 1. The summed E-state index contributed by atoms with van der Waals surface area (Å²) in [6.07, 6.45) is 1.50. The largest absolute Gasteiger partial charge is 0.491 e. The lowest BCUT2D eigenvalue weighted by molar-refractivity contribution is -0.125. The van der Waals surface area contributed by atoms with Crippen LogP contribution in [0.2, 0.25) is 0 Å². The molecular formula is C15H21BrN2O3. The number of hydrogen-bond acceptors (Lipinski definition) is 4. The number of β-amino-alcohol motifs (C(OH)–C–C–N with tert-alkyl or cyclic N) is 1. The van der Waals surface area contributed by atoms with Crippen molar-refractivity contribution in [3.8, 4) is 5.75 Å². The zero-order valence-electron chi connectivity index (χ0n) is 11.9. The number of aliphatic hydroxyl groups is 1. The van der Waals surface area contributed by atoms with Crippen molar-refractivity contribution in [1.82, 2.24) is 4.90 Å². The van der Waals surface area contributed by atoms with E-state index in [1.165, 1.54) is 0 Å². The molecule has 0 saturated carbocycles. The summed E-state index contributed by atoms with van der Waals surface area (Å²) in [5.74, 6) is 0.353. The van der Waals surface area contributed by atoms with Gasteiger partial charge in [0.2, 0.25) is 5.91 Å². The summed E-state index contributed by atoms with van der Waals surface area (Å²) in [6.45, 7) is 2.62. The molecule has 5 nitrogen and oxygen atoms in total. The van der Waals surface area contributed by atoms with Crippen LogP contribution in [0, 0.1) is 0 Å². The minimum Gasteiger partial charge on any atom is -0.491 e. The van der Waals surface area contributed by atoms with Crippen LogP contribution < -0.4 is 10.5 Å². The van der Waals surface area contributed by atoms with Crippen molar-refractivity contribution in [2.75, 3.05) is 26.2 Å². The first-order chi connectivity index (χ1) is 9.98. The molecule has 1 aliphatic rings. The maximum absolute atomic E-state index is 11.0. The molecule has 1 atom stereocenters. The van der Waals surface area contributed by atoms with Crippen molar-refractivity contribution >= 4 is 21.8 Å². The number of nitrogens with two attached hydrogens (primary N) is 1. The predicted octanol–water partition coefficient (Wildman–Crippen LogP) is 1.53. The molecule has 1 aromatic carbocycles. The van der Waals surface area contributed by atoms with Crippen LogP contribution in [0.4, 0.5) is 0 Å². The summed E-state index contributed by atoms with van der Waals surface area (Å²) in [5, 5.41) is 10.4. The number of piperidine rings is 1. The topological polar surface area (TPSA) is 75.8 Å². The molecule has 0 aromatic heterocycles. The monoisotopic (exact) mass is 356 g/mol. The van der Waals surface area contributed by atoms with Crippen molar-refractivity contribution in [3.05, 3.63) is 28.7 Å². The van der Waals surface area contributed by atoms with Crippen LogP contribution in [-0.4, -0.2) is 47.8 Å². The molecule has 0 bridgehead atoms. The molecule has 1 fully saturated rings. The molecule has 1 heterocycles. The standard InChI is InChI=1S/C15H21BrN2O3/c16-12-4-1-2-5-13(12)21-9-8-18-7-3-6-15(20,11-18)10-14(17)19/h1-2,4-5,20H,3,6-11H2,(H2,17,19). The zero-order chi connectivity index (χ0) is 15.3. The Balaban J connectivity index is 1.81. The highest BCUT2D eigenvalue weighted by atomic mass is 79.9. The Bertz CT molecular complexity index is 498. The second-order valence-electron chi connectivity index (χ2n) is 5.53. The van der Waals surface area contributed by atoms with Gasteiger partial charge in [0, 0.05) is 13.1 Å². The van der Waals surface area contributed by atoms with Crippen LogP contribution >= 0.6 is 15.9 Å². The quantitative estimate of drug-likeness (QED) is 0.810. The second kappa shape index (κ2) is 7.24. The van der Waals surface area contributed by atoms with E-state index >= 15 is 0 Å². The fourth-order valence-electron chi connectivity index (χ4n) is 2.71. The SMILES string of the molecule is NC(=O)CC1(O)CCCN(CCOc2ccccc2Br)C1. The van der Waals surface area contributed by atoms with E-state index in [9.17, 15) is 9.90 Å². The number of amides is 1. The molecule has 1 amide bonds. The number of nitrogens with zero attached hydrogens (tertiary/aromatic N) is 1. The van der Waals surface area contributed by atoms with Gasteiger partial charge >= 0.3 is 0 Å². The summed E-state index contributed by atoms with van der Waals surface area (Å²) in [4.78, 5) is 13.1. The fraction of sp³-hybridized carbons (Fsp3) is 0.533. The molecule has 0 radical (unpaired) electrons. The first-order valence-electron chi connectivity index (χ1n) is 7.09. The van der Waals surface area contributed by atoms with Gasteiger partial charge in [0.15, 0.2) is 0 Å². The molecule has 1 aromatic rings. The van der Waals surface area contributed by atoms with Gasteiger partial charge in [-0.05, 0) is 47.4 Å². The summed E-state index contributed by atoms with van der Waals surface area (Å²) >= 11 is 3.44. The van der Waals surface area contributed by atoms with Crippen molar-refractivity contribution in [1.29, 1.82) is 0 Å². The second-order valence-corrected chi connectivity index (χ2v) is 6.38.